The molecule has 0 aliphatic carbocycles. The average molecular weight is 294 g/mol. The predicted octanol–water partition coefficient (Wildman–Crippen LogP) is 1.95. The molecule has 2 rings (SSSR count). The van der Waals surface area contributed by atoms with Gasteiger partial charge in [-0.25, -0.2) is 0 Å². The van der Waals surface area contributed by atoms with Gasteiger partial charge in [0.05, 0.1) is 6.54 Å². The molecule has 0 amide bonds. The Bertz CT molecular complexity index is 363. The third-order valence-electron chi connectivity index (χ3n) is 4.46. The SMILES string of the molecule is CC[C@@](C)(C#CCN1CCN(C)CC1)O[C@H]1CCCCO1. The fourth-order valence-electron chi connectivity index (χ4n) is 2.64. The quantitative estimate of drug-likeness (QED) is 0.740. The van der Waals surface area contributed by atoms with E-state index in [4.69, 9.17) is 9.47 Å². The number of ether oxygens (including phenoxy) is 2. The van der Waals surface area contributed by atoms with E-state index in [0.29, 0.717) is 0 Å². The minimum Gasteiger partial charge on any atom is -0.353 e. The zero-order valence-corrected chi connectivity index (χ0v) is 13.9. The highest BCUT2D eigenvalue weighted by molar-refractivity contribution is 5.14. The van der Waals surface area contributed by atoms with Gasteiger partial charge in [-0.15, -0.1) is 0 Å². The summed E-state index contributed by atoms with van der Waals surface area (Å²) in [5, 5.41) is 0. The van der Waals surface area contributed by atoms with E-state index >= 15 is 0 Å². The minimum absolute atomic E-state index is 0.0679. The van der Waals surface area contributed by atoms with Gasteiger partial charge >= 0.3 is 0 Å². The van der Waals surface area contributed by atoms with E-state index in [-0.39, 0.29) is 11.9 Å². The maximum absolute atomic E-state index is 6.11. The second-order valence-corrected chi connectivity index (χ2v) is 6.38. The van der Waals surface area contributed by atoms with E-state index in [1.165, 1.54) is 6.42 Å². The lowest BCUT2D eigenvalue weighted by Gasteiger charge is -2.32. The predicted molar refractivity (Wildman–Crippen MR) is 85.1 cm³/mol. The molecular formula is C17H30N2O2. The molecule has 120 valence electrons. The van der Waals surface area contributed by atoms with Crippen LogP contribution in [0, 0.1) is 11.8 Å². The summed E-state index contributed by atoms with van der Waals surface area (Å²) in [4.78, 5) is 4.78. The molecule has 21 heavy (non-hydrogen) atoms. The van der Waals surface area contributed by atoms with Crippen LogP contribution in [0.2, 0.25) is 0 Å². The first-order chi connectivity index (χ1) is 10.1. The maximum atomic E-state index is 6.11. The van der Waals surface area contributed by atoms with Crippen molar-refractivity contribution in [2.24, 2.45) is 0 Å². The van der Waals surface area contributed by atoms with Crippen LogP contribution in [0.4, 0.5) is 0 Å². The topological polar surface area (TPSA) is 24.9 Å². The standard InChI is InChI=1S/C17H30N2O2/c1-4-17(2,21-16-8-5-6-15-20-16)9-7-10-19-13-11-18(3)12-14-19/h16H,4-6,8,10-15H2,1-3H3/t16-,17-/m0/s1. The fourth-order valence-corrected chi connectivity index (χ4v) is 2.64. The van der Waals surface area contributed by atoms with Crippen molar-refractivity contribution in [3.05, 3.63) is 0 Å². The molecule has 0 aromatic carbocycles. The van der Waals surface area contributed by atoms with Crippen LogP contribution >= 0.6 is 0 Å². The van der Waals surface area contributed by atoms with E-state index < -0.39 is 0 Å². The molecule has 0 unspecified atom stereocenters. The number of hydrogen-bond donors (Lipinski definition) is 0. The zero-order valence-electron chi connectivity index (χ0n) is 13.9. The Morgan fingerprint density at radius 1 is 1.24 bits per heavy atom. The second-order valence-electron chi connectivity index (χ2n) is 6.38. The van der Waals surface area contributed by atoms with Crippen LogP contribution < -0.4 is 0 Å². The van der Waals surface area contributed by atoms with E-state index in [1.54, 1.807) is 0 Å². The first-order valence-corrected chi connectivity index (χ1v) is 8.32. The first kappa shape index (κ1) is 16.8. The second kappa shape index (κ2) is 8.14. The summed E-state index contributed by atoms with van der Waals surface area (Å²) in [6.45, 7) is 10.4. The lowest BCUT2D eigenvalue weighted by atomic mass is 10.0. The monoisotopic (exact) mass is 294 g/mol. The molecule has 0 aromatic rings. The third-order valence-corrected chi connectivity index (χ3v) is 4.46. The number of rotatable bonds is 4. The van der Waals surface area contributed by atoms with E-state index in [9.17, 15) is 0 Å². The normalized spacial score (nSPS) is 27.7. The Morgan fingerprint density at radius 3 is 2.62 bits per heavy atom. The third kappa shape index (κ3) is 5.60. The molecular weight excluding hydrogens is 264 g/mol. The van der Waals surface area contributed by atoms with Crippen molar-refractivity contribution in [3.8, 4) is 11.8 Å². The van der Waals surface area contributed by atoms with Crippen LogP contribution in [0.1, 0.15) is 39.5 Å². The van der Waals surface area contributed by atoms with Gasteiger partial charge in [0.15, 0.2) is 6.29 Å². The number of likely N-dealkylation sites (N-methyl/N-ethyl adjacent to an activating group) is 1. The molecule has 2 heterocycles. The molecule has 2 aliphatic heterocycles. The molecule has 2 aliphatic rings. The van der Waals surface area contributed by atoms with Gasteiger partial charge in [-0.05, 0) is 39.7 Å². The molecule has 2 saturated heterocycles. The summed E-state index contributed by atoms with van der Waals surface area (Å²) in [6, 6.07) is 0. The Hall–Kier alpha value is -0.600. The van der Waals surface area contributed by atoms with E-state index in [0.717, 1.165) is 58.6 Å². The number of hydrogen-bond acceptors (Lipinski definition) is 4. The van der Waals surface area contributed by atoms with Gasteiger partial charge < -0.3 is 14.4 Å². The van der Waals surface area contributed by atoms with Crippen LogP contribution in [0.5, 0.6) is 0 Å². The molecule has 2 fully saturated rings. The Labute approximate surface area is 129 Å². The Kier molecular flexibility index (Phi) is 6.50. The Balaban J connectivity index is 1.81. The molecule has 0 N–H and O–H groups in total. The minimum atomic E-state index is -0.380. The van der Waals surface area contributed by atoms with Crippen LogP contribution in [-0.2, 0) is 9.47 Å². The summed E-state index contributed by atoms with van der Waals surface area (Å²) in [5.41, 5.74) is -0.380. The summed E-state index contributed by atoms with van der Waals surface area (Å²) in [6.07, 6.45) is 4.16. The van der Waals surface area contributed by atoms with Crippen molar-refractivity contribution in [1.29, 1.82) is 0 Å². The largest absolute Gasteiger partial charge is 0.353 e. The van der Waals surface area contributed by atoms with Gasteiger partial charge in [0.1, 0.15) is 5.60 Å². The van der Waals surface area contributed by atoms with Crippen molar-refractivity contribution < 1.29 is 9.47 Å². The van der Waals surface area contributed by atoms with Gasteiger partial charge in [0, 0.05) is 32.8 Å². The molecule has 0 aromatic heterocycles. The van der Waals surface area contributed by atoms with Crippen LogP contribution in [0.25, 0.3) is 0 Å². The van der Waals surface area contributed by atoms with Crippen molar-refractivity contribution in [2.45, 2.75) is 51.4 Å². The zero-order chi connectivity index (χ0) is 15.1. The highest BCUT2D eigenvalue weighted by Gasteiger charge is 2.26. The molecule has 4 nitrogen and oxygen atoms in total. The first-order valence-electron chi connectivity index (χ1n) is 8.32. The Morgan fingerprint density at radius 2 is 2.00 bits per heavy atom. The molecule has 0 radical (unpaired) electrons. The van der Waals surface area contributed by atoms with Gasteiger partial charge in [0.25, 0.3) is 0 Å². The van der Waals surface area contributed by atoms with Crippen LogP contribution in [-0.4, -0.2) is 68.1 Å². The van der Waals surface area contributed by atoms with E-state index in [1.807, 2.05) is 0 Å². The molecule has 0 bridgehead atoms. The van der Waals surface area contributed by atoms with E-state index in [2.05, 4.69) is 42.5 Å². The maximum Gasteiger partial charge on any atom is 0.159 e. The van der Waals surface area contributed by atoms with Crippen molar-refractivity contribution in [3.63, 3.8) is 0 Å². The van der Waals surface area contributed by atoms with Gasteiger partial charge in [-0.2, -0.15) is 0 Å². The van der Waals surface area contributed by atoms with Gasteiger partial charge in [0.2, 0.25) is 0 Å². The van der Waals surface area contributed by atoms with Crippen molar-refractivity contribution in [2.75, 3.05) is 46.4 Å². The highest BCUT2D eigenvalue weighted by atomic mass is 16.7. The van der Waals surface area contributed by atoms with Crippen LogP contribution in [0.3, 0.4) is 0 Å². The molecule has 0 saturated carbocycles. The summed E-state index contributed by atoms with van der Waals surface area (Å²) in [5.74, 6) is 6.67. The lowest BCUT2D eigenvalue weighted by molar-refractivity contribution is -0.204. The van der Waals surface area contributed by atoms with Gasteiger partial charge in [-0.3, -0.25) is 4.90 Å². The van der Waals surface area contributed by atoms with Crippen LogP contribution in [0.15, 0.2) is 0 Å². The molecule has 2 atom stereocenters. The lowest BCUT2D eigenvalue weighted by Crippen LogP contribution is -2.44. The van der Waals surface area contributed by atoms with Crippen molar-refractivity contribution >= 4 is 0 Å². The van der Waals surface area contributed by atoms with Crippen molar-refractivity contribution in [1.82, 2.24) is 9.80 Å². The number of nitrogens with zero attached hydrogens (tertiary/aromatic N) is 2. The highest BCUT2D eigenvalue weighted by Crippen LogP contribution is 2.22. The molecule has 0 spiro atoms. The fraction of sp³-hybridized carbons (Fsp3) is 0.882. The number of piperazine rings is 1. The average Bonchev–Trinajstić information content (AvgIpc) is 2.50. The smallest absolute Gasteiger partial charge is 0.159 e. The summed E-state index contributed by atoms with van der Waals surface area (Å²) in [7, 11) is 2.18. The summed E-state index contributed by atoms with van der Waals surface area (Å²) < 4.78 is 11.8. The molecule has 4 heteroatoms. The van der Waals surface area contributed by atoms with Gasteiger partial charge in [-0.1, -0.05) is 18.8 Å². The summed E-state index contributed by atoms with van der Waals surface area (Å²) >= 11 is 0.